The van der Waals surface area contributed by atoms with E-state index in [0.29, 0.717) is 0 Å². The highest BCUT2D eigenvalue weighted by atomic mass is 16.3. The van der Waals surface area contributed by atoms with Gasteiger partial charge in [-0.1, -0.05) is 54.6 Å². The summed E-state index contributed by atoms with van der Waals surface area (Å²) in [5, 5.41) is 27.4. The maximum atomic E-state index is 10.3. The Bertz CT molecular complexity index is 1050. The predicted molar refractivity (Wildman–Crippen MR) is 90.1 cm³/mol. The lowest BCUT2D eigenvalue weighted by Crippen LogP contribution is -2.19. The lowest BCUT2D eigenvalue weighted by molar-refractivity contribution is 0.0472. The van der Waals surface area contributed by atoms with Gasteiger partial charge in [-0.3, -0.25) is 0 Å². The molecule has 0 bridgehead atoms. The topological polar surface area (TPSA) is 40.5 Å². The molecule has 0 aliphatic heterocycles. The van der Waals surface area contributed by atoms with Gasteiger partial charge in [-0.2, -0.15) is 0 Å². The zero-order valence-electron chi connectivity index (χ0n) is 11.8. The molecule has 5 rings (SSSR count). The fourth-order valence-corrected chi connectivity index (χ4v) is 3.77. The molecule has 1 aliphatic carbocycles. The van der Waals surface area contributed by atoms with Crippen LogP contribution in [0.3, 0.4) is 0 Å². The molecule has 0 saturated carbocycles. The van der Waals surface area contributed by atoms with E-state index >= 15 is 0 Å². The molecule has 2 N–H and O–H groups in total. The van der Waals surface area contributed by atoms with E-state index in [4.69, 9.17) is 0 Å². The molecule has 106 valence electrons. The molecule has 1 unspecified atom stereocenters. The van der Waals surface area contributed by atoms with Gasteiger partial charge in [0, 0.05) is 0 Å². The molecule has 4 aromatic rings. The molecule has 0 aromatic heterocycles. The second-order valence-electron chi connectivity index (χ2n) is 6.03. The largest absolute Gasteiger partial charge is 0.386 e. The third-order valence-corrected chi connectivity index (χ3v) is 4.82. The van der Waals surface area contributed by atoms with Crippen molar-refractivity contribution in [2.24, 2.45) is 0 Å². The third kappa shape index (κ3) is 1.41. The van der Waals surface area contributed by atoms with Gasteiger partial charge >= 0.3 is 0 Å². The molecule has 4 aromatic carbocycles. The van der Waals surface area contributed by atoms with Crippen LogP contribution in [-0.2, 0) is 0 Å². The number of hydrogen-bond donors (Lipinski definition) is 2. The minimum Gasteiger partial charge on any atom is -0.386 e. The summed E-state index contributed by atoms with van der Waals surface area (Å²) in [5.41, 5.74) is 1.82. The number of aliphatic hydroxyl groups excluding tert-OH is 2. The van der Waals surface area contributed by atoms with Gasteiger partial charge in [0.15, 0.2) is 0 Å². The van der Waals surface area contributed by atoms with Crippen molar-refractivity contribution >= 4 is 38.4 Å². The monoisotopic (exact) mass is 286 g/mol. The Labute approximate surface area is 127 Å². The SMILES string of the molecule is OC1C=Cc2c(cc3ccc4cccc5ccc2c3c45)[C@@H]1O. The second kappa shape index (κ2) is 4.07. The first-order valence-electron chi connectivity index (χ1n) is 7.49. The quantitative estimate of drug-likeness (QED) is 0.480. The van der Waals surface area contributed by atoms with Crippen LogP contribution in [0.5, 0.6) is 0 Å². The van der Waals surface area contributed by atoms with E-state index in [2.05, 4.69) is 42.5 Å². The Morgan fingerprint density at radius 1 is 0.773 bits per heavy atom. The second-order valence-corrected chi connectivity index (χ2v) is 6.03. The summed E-state index contributed by atoms with van der Waals surface area (Å²) in [6.07, 6.45) is 1.91. The van der Waals surface area contributed by atoms with Crippen LogP contribution in [0.2, 0.25) is 0 Å². The third-order valence-electron chi connectivity index (χ3n) is 4.82. The fourth-order valence-electron chi connectivity index (χ4n) is 3.77. The normalized spacial score (nSPS) is 21.0. The van der Waals surface area contributed by atoms with Gasteiger partial charge in [0.25, 0.3) is 0 Å². The zero-order valence-corrected chi connectivity index (χ0v) is 11.8. The van der Waals surface area contributed by atoms with Gasteiger partial charge in [-0.05, 0) is 49.5 Å². The molecule has 22 heavy (non-hydrogen) atoms. The van der Waals surface area contributed by atoms with Crippen LogP contribution in [0.15, 0.2) is 54.6 Å². The zero-order chi connectivity index (χ0) is 14.8. The van der Waals surface area contributed by atoms with Crippen LogP contribution < -0.4 is 0 Å². The lowest BCUT2D eigenvalue weighted by Gasteiger charge is -2.24. The molecular weight excluding hydrogens is 272 g/mol. The maximum Gasteiger partial charge on any atom is 0.109 e. The molecule has 0 radical (unpaired) electrons. The minimum absolute atomic E-state index is 0.806. The fraction of sp³-hybridized carbons (Fsp3) is 0.100. The van der Waals surface area contributed by atoms with E-state index in [1.165, 1.54) is 21.5 Å². The van der Waals surface area contributed by atoms with Crippen molar-refractivity contribution in [2.45, 2.75) is 12.2 Å². The summed E-state index contributed by atoms with van der Waals surface area (Å²) in [6, 6.07) is 16.8. The van der Waals surface area contributed by atoms with Gasteiger partial charge in [-0.25, -0.2) is 0 Å². The summed E-state index contributed by atoms with van der Waals surface area (Å²) >= 11 is 0. The Kier molecular flexibility index (Phi) is 2.25. The van der Waals surface area contributed by atoms with E-state index in [-0.39, 0.29) is 0 Å². The molecule has 1 aliphatic rings. The minimum atomic E-state index is -0.859. The Morgan fingerprint density at radius 3 is 2.32 bits per heavy atom. The van der Waals surface area contributed by atoms with Crippen LogP contribution in [0.1, 0.15) is 17.2 Å². The molecule has 2 heteroatoms. The average molecular weight is 286 g/mol. The number of rotatable bonds is 0. The molecule has 2 atom stereocenters. The molecule has 0 amide bonds. The Balaban J connectivity index is 2.05. The highest BCUT2D eigenvalue weighted by Gasteiger charge is 2.25. The van der Waals surface area contributed by atoms with Crippen molar-refractivity contribution in [1.82, 2.24) is 0 Å². The first kappa shape index (κ1) is 12.2. The lowest BCUT2D eigenvalue weighted by atomic mass is 9.84. The van der Waals surface area contributed by atoms with Gasteiger partial charge in [-0.15, -0.1) is 0 Å². The molecule has 0 heterocycles. The molecular formula is C20H14O2. The van der Waals surface area contributed by atoms with Crippen LogP contribution >= 0.6 is 0 Å². The maximum absolute atomic E-state index is 10.3. The number of fused-ring (bicyclic) bond motifs is 2. The number of hydrogen-bond acceptors (Lipinski definition) is 2. The first-order valence-corrected chi connectivity index (χ1v) is 7.49. The van der Waals surface area contributed by atoms with E-state index in [1.54, 1.807) is 6.08 Å². The average Bonchev–Trinajstić information content (AvgIpc) is 2.56. The van der Waals surface area contributed by atoms with Crippen molar-refractivity contribution in [3.05, 3.63) is 65.7 Å². The van der Waals surface area contributed by atoms with Gasteiger partial charge < -0.3 is 10.2 Å². The van der Waals surface area contributed by atoms with Crippen LogP contribution in [-0.4, -0.2) is 16.3 Å². The molecule has 2 nitrogen and oxygen atoms in total. The first-order chi connectivity index (χ1) is 10.7. The molecule has 0 spiro atoms. The van der Waals surface area contributed by atoms with E-state index in [1.807, 2.05) is 12.1 Å². The summed E-state index contributed by atoms with van der Waals surface area (Å²) < 4.78 is 0. The molecule has 0 fully saturated rings. The van der Waals surface area contributed by atoms with Crippen molar-refractivity contribution in [3.8, 4) is 0 Å². The Morgan fingerprint density at radius 2 is 1.50 bits per heavy atom. The van der Waals surface area contributed by atoms with Crippen LogP contribution in [0.25, 0.3) is 38.4 Å². The number of aliphatic hydroxyl groups is 2. The van der Waals surface area contributed by atoms with Crippen LogP contribution in [0.4, 0.5) is 0 Å². The smallest absolute Gasteiger partial charge is 0.109 e. The summed E-state index contributed by atoms with van der Waals surface area (Å²) in [5.74, 6) is 0. The van der Waals surface area contributed by atoms with E-state index < -0.39 is 12.2 Å². The number of benzene rings is 4. The summed E-state index contributed by atoms with van der Waals surface area (Å²) in [7, 11) is 0. The summed E-state index contributed by atoms with van der Waals surface area (Å²) in [6.45, 7) is 0. The standard InChI is InChI=1S/C20H14O2/c21-17-9-8-14-15-7-6-12-3-1-2-11-4-5-13(19(15)18(11)12)10-16(14)20(17)22/h1-10,17,20-22H/t17?,20-/m0/s1. The highest BCUT2D eigenvalue weighted by molar-refractivity contribution is 6.24. The van der Waals surface area contributed by atoms with Crippen LogP contribution in [0, 0.1) is 0 Å². The van der Waals surface area contributed by atoms with Crippen molar-refractivity contribution < 1.29 is 10.2 Å². The predicted octanol–water partition coefficient (Wildman–Crippen LogP) is 4.01. The van der Waals surface area contributed by atoms with Gasteiger partial charge in [0.1, 0.15) is 12.2 Å². The Hall–Kier alpha value is -2.42. The molecule has 0 saturated heterocycles. The van der Waals surface area contributed by atoms with Gasteiger partial charge in [0.05, 0.1) is 0 Å². The van der Waals surface area contributed by atoms with Gasteiger partial charge in [0.2, 0.25) is 0 Å². The van der Waals surface area contributed by atoms with Crippen molar-refractivity contribution in [3.63, 3.8) is 0 Å². The van der Waals surface area contributed by atoms with Crippen molar-refractivity contribution in [1.29, 1.82) is 0 Å². The van der Waals surface area contributed by atoms with E-state index in [0.717, 1.165) is 21.9 Å². The van der Waals surface area contributed by atoms with E-state index in [9.17, 15) is 10.2 Å². The van der Waals surface area contributed by atoms with Crippen molar-refractivity contribution in [2.75, 3.05) is 0 Å². The highest BCUT2D eigenvalue weighted by Crippen LogP contribution is 2.41. The summed E-state index contributed by atoms with van der Waals surface area (Å²) in [4.78, 5) is 0.